The molecule has 0 saturated heterocycles. The number of primary amides is 1. The van der Waals surface area contributed by atoms with Crippen molar-refractivity contribution in [3.8, 4) is 0 Å². The Morgan fingerprint density at radius 2 is 1.25 bits per heavy atom. The Hall–Kier alpha value is -3.26. The van der Waals surface area contributed by atoms with Crippen molar-refractivity contribution >= 4 is 35.6 Å². The van der Waals surface area contributed by atoms with Gasteiger partial charge >= 0.3 is 11.9 Å². The first-order chi connectivity index (χ1) is 16.8. The third-order valence-electron chi connectivity index (χ3n) is 5.22. The second-order valence-corrected chi connectivity index (χ2v) is 8.98. The lowest BCUT2D eigenvalue weighted by molar-refractivity contribution is -0.143. The minimum atomic E-state index is -1.36. The molecule has 0 spiro atoms. The van der Waals surface area contributed by atoms with Crippen LogP contribution in [0.15, 0.2) is 0 Å². The number of carboxylic acids is 2. The molecular formula is C22H40N6O8. The van der Waals surface area contributed by atoms with Crippen LogP contribution in [-0.2, 0) is 28.8 Å². The maximum absolute atomic E-state index is 12.9. The van der Waals surface area contributed by atoms with E-state index in [1.807, 2.05) is 0 Å². The van der Waals surface area contributed by atoms with Crippen LogP contribution in [0.5, 0.6) is 0 Å². The number of aliphatic carboxylic acids is 2. The van der Waals surface area contributed by atoms with Crippen LogP contribution in [0.1, 0.15) is 65.2 Å². The summed E-state index contributed by atoms with van der Waals surface area (Å²) in [6, 6.07) is -4.90. The maximum Gasteiger partial charge on any atom is 0.326 e. The molecule has 0 aromatic heterocycles. The van der Waals surface area contributed by atoms with Crippen molar-refractivity contribution in [1.29, 1.82) is 0 Å². The molecule has 0 rings (SSSR count). The quantitative estimate of drug-likeness (QED) is 0.0889. The van der Waals surface area contributed by atoms with Gasteiger partial charge in [-0.25, -0.2) is 4.79 Å². The Morgan fingerprint density at radius 3 is 1.69 bits per heavy atom. The molecule has 206 valence electrons. The summed E-state index contributed by atoms with van der Waals surface area (Å²) >= 11 is 0. The number of hydrogen-bond donors (Lipinski definition) is 8. The monoisotopic (exact) mass is 516 g/mol. The number of carboxylic acid groups (broad SMARTS) is 2. The number of unbranched alkanes of at least 4 members (excludes halogenated alkanes) is 1. The first-order valence-corrected chi connectivity index (χ1v) is 11.9. The van der Waals surface area contributed by atoms with Gasteiger partial charge in [0.1, 0.15) is 18.1 Å². The van der Waals surface area contributed by atoms with E-state index in [9.17, 15) is 33.9 Å². The molecule has 0 bridgehead atoms. The van der Waals surface area contributed by atoms with E-state index in [1.165, 1.54) is 0 Å². The number of carbonyl (C=O) groups excluding carboxylic acids is 4. The Morgan fingerprint density at radius 1 is 0.750 bits per heavy atom. The van der Waals surface area contributed by atoms with Gasteiger partial charge in [-0.3, -0.25) is 24.0 Å². The summed E-state index contributed by atoms with van der Waals surface area (Å²) < 4.78 is 0. The van der Waals surface area contributed by atoms with E-state index in [4.69, 9.17) is 22.3 Å². The number of amides is 4. The largest absolute Gasteiger partial charge is 0.481 e. The van der Waals surface area contributed by atoms with E-state index < -0.39 is 66.2 Å². The molecule has 14 nitrogen and oxygen atoms in total. The molecule has 11 N–H and O–H groups in total. The summed E-state index contributed by atoms with van der Waals surface area (Å²) in [5.41, 5.74) is 16.4. The lowest BCUT2D eigenvalue weighted by Gasteiger charge is -2.25. The second kappa shape index (κ2) is 17.2. The molecule has 4 amide bonds. The molecule has 0 aromatic rings. The predicted octanol–water partition coefficient (Wildman–Crippen LogP) is -1.84. The molecule has 4 unspecified atom stereocenters. The third-order valence-corrected chi connectivity index (χ3v) is 5.22. The highest BCUT2D eigenvalue weighted by atomic mass is 16.4. The first-order valence-electron chi connectivity index (χ1n) is 11.9. The SMILES string of the molecule is CC(C)CC(NC(=O)C(CCC(N)=O)NC(=O)C(CCC(=O)O)NC(=O)C(N)CCCCN)C(=O)O. The van der Waals surface area contributed by atoms with Crippen molar-refractivity contribution in [3.05, 3.63) is 0 Å². The zero-order valence-electron chi connectivity index (χ0n) is 20.8. The van der Waals surface area contributed by atoms with Gasteiger partial charge in [0.25, 0.3) is 0 Å². The minimum absolute atomic E-state index is 0.0604. The molecule has 14 heteroatoms. The molecule has 0 radical (unpaired) electrons. The van der Waals surface area contributed by atoms with Crippen LogP contribution >= 0.6 is 0 Å². The number of nitrogens with two attached hydrogens (primary N) is 3. The van der Waals surface area contributed by atoms with Gasteiger partial charge in [0.2, 0.25) is 23.6 Å². The Kier molecular flexibility index (Phi) is 15.7. The van der Waals surface area contributed by atoms with Crippen molar-refractivity contribution in [2.45, 2.75) is 89.4 Å². The molecule has 0 saturated carbocycles. The molecule has 0 aliphatic heterocycles. The smallest absolute Gasteiger partial charge is 0.326 e. The summed E-state index contributed by atoms with van der Waals surface area (Å²) in [5.74, 6) is -5.73. The standard InChI is InChI=1S/C22H40N6O8/c1-12(2)11-16(22(35)36)28-21(34)14(6-8-17(25)29)27-20(33)15(7-9-18(30)31)26-19(32)13(24)5-3-4-10-23/h12-16H,3-11,23-24H2,1-2H3,(H2,25,29)(H,26,32)(H,27,33)(H,28,34)(H,30,31)(H,35,36). The highest BCUT2D eigenvalue weighted by molar-refractivity contribution is 5.94. The molecule has 0 heterocycles. The van der Waals surface area contributed by atoms with Gasteiger partial charge in [-0.15, -0.1) is 0 Å². The van der Waals surface area contributed by atoms with Gasteiger partial charge in [0, 0.05) is 12.8 Å². The van der Waals surface area contributed by atoms with E-state index in [-0.39, 0.29) is 31.6 Å². The summed E-state index contributed by atoms with van der Waals surface area (Å²) in [6.45, 7) is 3.96. The summed E-state index contributed by atoms with van der Waals surface area (Å²) in [7, 11) is 0. The van der Waals surface area contributed by atoms with Crippen LogP contribution in [0.2, 0.25) is 0 Å². The number of hydrogen-bond acceptors (Lipinski definition) is 8. The lowest BCUT2D eigenvalue weighted by Crippen LogP contribution is -2.57. The highest BCUT2D eigenvalue weighted by Gasteiger charge is 2.31. The van der Waals surface area contributed by atoms with Crippen molar-refractivity contribution in [1.82, 2.24) is 16.0 Å². The predicted molar refractivity (Wildman–Crippen MR) is 129 cm³/mol. The van der Waals surface area contributed by atoms with Gasteiger partial charge in [-0.1, -0.05) is 20.3 Å². The van der Waals surface area contributed by atoms with Crippen molar-refractivity contribution in [2.24, 2.45) is 23.1 Å². The molecule has 0 aliphatic carbocycles. The fourth-order valence-electron chi connectivity index (χ4n) is 3.25. The average Bonchev–Trinajstić information content (AvgIpc) is 2.77. The normalized spacial score (nSPS) is 14.2. The molecule has 0 aliphatic rings. The van der Waals surface area contributed by atoms with Crippen LogP contribution in [0.25, 0.3) is 0 Å². The Bertz CT molecular complexity index is 776. The Labute approximate surface area is 210 Å². The van der Waals surface area contributed by atoms with E-state index in [0.29, 0.717) is 25.8 Å². The maximum atomic E-state index is 12.9. The molecule has 0 fully saturated rings. The second-order valence-electron chi connectivity index (χ2n) is 8.98. The van der Waals surface area contributed by atoms with Gasteiger partial charge < -0.3 is 43.4 Å². The zero-order valence-corrected chi connectivity index (χ0v) is 20.8. The molecule has 0 aromatic carbocycles. The summed E-state index contributed by atoms with van der Waals surface area (Å²) in [5, 5.41) is 25.5. The van der Waals surface area contributed by atoms with Crippen LogP contribution in [0.3, 0.4) is 0 Å². The topological polar surface area (TPSA) is 257 Å². The van der Waals surface area contributed by atoms with Crippen LogP contribution < -0.4 is 33.2 Å². The van der Waals surface area contributed by atoms with Crippen LogP contribution in [0.4, 0.5) is 0 Å². The molecule has 36 heavy (non-hydrogen) atoms. The van der Waals surface area contributed by atoms with Crippen LogP contribution in [0, 0.1) is 5.92 Å². The van der Waals surface area contributed by atoms with Crippen molar-refractivity contribution in [3.63, 3.8) is 0 Å². The van der Waals surface area contributed by atoms with Gasteiger partial charge in [-0.05, 0) is 44.6 Å². The zero-order chi connectivity index (χ0) is 27.8. The highest BCUT2D eigenvalue weighted by Crippen LogP contribution is 2.08. The van der Waals surface area contributed by atoms with E-state index in [0.717, 1.165) is 0 Å². The van der Waals surface area contributed by atoms with E-state index in [2.05, 4.69) is 16.0 Å². The summed E-state index contributed by atoms with van der Waals surface area (Å²) in [4.78, 5) is 72.0. The first kappa shape index (κ1) is 32.7. The van der Waals surface area contributed by atoms with Crippen molar-refractivity contribution in [2.75, 3.05) is 6.54 Å². The lowest BCUT2D eigenvalue weighted by atomic mass is 10.0. The third kappa shape index (κ3) is 14.2. The number of carbonyl (C=O) groups is 6. The van der Waals surface area contributed by atoms with Gasteiger partial charge in [0.05, 0.1) is 6.04 Å². The van der Waals surface area contributed by atoms with Gasteiger partial charge in [0.15, 0.2) is 0 Å². The van der Waals surface area contributed by atoms with E-state index >= 15 is 0 Å². The fourth-order valence-corrected chi connectivity index (χ4v) is 3.25. The van der Waals surface area contributed by atoms with Crippen LogP contribution in [-0.4, -0.2) is 76.5 Å². The number of rotatable bonds is 19. The fraction of sp³-hybridized carbons (Fsp3) is 0.727. The van der Waals surface area contributed by atoms with Crippen molar-refractivity contribution < 1.29 is 39.0 Å². The Balaban J connectivity index is 5.57. The minimum Gasteiger partial charge on any atom is -0.481 e. The molecule has 4 atom stereocenters. The van der Waals surface area contributed by atoms with E-state index in [1.54, 1.807) is 13.8 Å². The average molecular weight is 517 g/mol. The number of nitrogens with one attached hydrogen (secondary N) is 3. The molecular weight excluding hydrogens is 476 g/mol. The summed E-state index contributed by atoms with van der Waals surface area (Å²) in [6.07, 6.45) is 0.356. The van der Waals surface area contributed by atoms with Gasteiger partial charge in [-0.2, -0.15) is 0 Å².